The topological polar surface area (TPSA) is 75.3 Å². The van der Waals surface area contributed by atoms with Crippen molar-refractivity contribution in [3.63, 3.8) is 0 Å². The lowest BCUT2D eigenvalue weighted by atomic mass is 9.94. The van der Waals surface area contributed by atoms with Gasteiger partial charge in [0.2, 0.25) is 0 Å². The molecule has 0 unspecified atom stereocenters. The first-order valence-corrected chi connectivity index (χ1v) is 12.5. The van der Waals surface area contributed by atoms with Crippen LogP contribution in [0.1, 0.15) is 86.8 Å². The number of carbonyl (C=O) groups is 1. The van der Waals surface area contributed by atoms with Crippen LogP contribution in [-0.2, 0) is 23.1 Å². The molecule has 3 heterocycles. The van der Waals surface area contributed by atoms with Crippen LogP contribution in [0.5, 0.6) is 0 Å². The maximum absolute atomic E-state index is 13.0. The molecule has 2 aromatic heterocycles. The van der Waals surface area contributed by atoms with Crippen LogP contribution in [0.25, 0.3) is 5.57 Å². The van der Waals surface area contributed by atoms with Gasteiger partial charge in [0.25, 0.3) is 5.56 Å². The molecule has 1 N–H and O–H groups in total. The highest BCUT2D eigenvalue weighted by Crippen LogP contribution is 2.54. The molecule has 1 aliphatic heterocycles. The Labute approximate surface area is 192 Å². The molecule has 0 saturated heterocycles. The van der Waals surface area contributed by atoms with Gasteiger partial charge in [-0.25, -0.2) is 9.78 Å². The van der Waals surface area contributed by atoms with Gasteiger partial charge in [0, 0.05) is 17.8 Å². The van der Waals surface area contributed by atoms with E-state index in [0.717, 1.165) is 30.8 Å². The minimum absolute atomic E-state index is 0.128. The smallest absolute Gasteiger partial charge is 0.410 e. The second kappa shape index (κ2) is 7.87. The molecule has 0 radical (unpaired) electrons. The number of H-pyrrole nitrogens is 1. The van der Waals surface area contributed by atoms with E-state index < -0.39 is 5.60 Å². The lowest BCUT2D eigenvalue weighted by Crippen LogP contribution is -2.42. The molecule has 2 aromatic rings. The number of aromatic nitrogens is 2. The van der Waals surface area contributed by atoms with Gasteiger partial charge >= 0.3 is 6.09 Å². The molecule has 32 heavy (non-hydrogen) atoms. The zero-order valence-corrected chi connectivity index (χ0v) is 19.9. The van der Waals surface area contributed by atoms with Gasteiger partial charge in [0.15, 0.2) is 0 Å². The number of nitrogens with one attached hydrogen (secondary N) is 1. The van der Waals surface area contributed by atoms with Gasteiger partial charge in [-0.1, -0.05) is 6.08 Å². The summed E-state index contributed by atoms with van der Waals surface area (Å²) in [6.45, 7) is 6.30. The number of allylic oxidation sites excluding steroid dienone is 2. The van der Waals surface area contributed by atoms with Crippen LogP contribution < -0.4 is 5.56 Å². The SMILES string of the molecule is CC(C)(C)OC(=O)N1CCc2nc(C3(c4cc(C5=CCCCC5)cs4)CC3)[nH]c(=O)c2C1. The predicted molar refractivity (Wildman–Crippen MR) is 126 cm³/mol. The first-order chi connectivity index (χ1) is 15.2. The maximum Gasteiger partial charge on any atom is 0.410 e. The van der Waals surface area contributed by atoms with Crippen LogP contribution in [0.2, 0.25) is 0 Å². The monoisotopic (exact) mass is 453 g/mol. The Kier molecular flexibility index (Phi) is 5.27. The number of rotatable bonds is 3. The van der Waals surface area contributed by atoms with Crippen molar-refractivity contribution in [2.75, 3.05) is 6.54 Å². The van der Waals surface area contributed by atoms with Crippen molar-refractivity contribution in [1.29, 1.82) is 0 Å². The second-order valence-corrected chi connectivity index (χ2v) is 11.2. The van der Waals surface area contributed by atoms with E-state index >= 15 is 0 Å². The Balaban J connectivity index is 1.39. The Bertz CT molecular complexity index is 1130. The Morgan fingerprint density at radius 1 is 1.25 bits per heavy atom. The number of aromatic amines is 1. The number of nitrogens with zero attached hydrogens (tertiary/aromatic N) is 2. The molecule has 1 amide bonds. The van der Waals surface area contributed by atoms with Gasteiger partial charge in [0.05, 0.1) is 23.2 Å². The number of hydrogen-bond donors (Lipinski definition) is 1. The molecule has 0 aromatic carbocycles. The summed E-state index contributed by atoms with van der Waals surface area (Å²) in [5, 5.41) is 2.27. The average molecular weight is 454 g/mol. The standard InChI is InChI=1S/C25H31N3O3S/c1-24(2,3)31-23(30)28-12-9-19-18(14-28)21(29)27-22(26-19)25(10-11-25)20-13-17(15-32-20)16-7-5-4-6-8-16/h7,13,15H,4-6,8-12,14H2,1-3H3,(H,26,27,29). The number of hydrogen-bond acceptors (Lipinski definition) is 5. The molecular formula is C25H31N3O3S. The van der Waals surface area contributed by atoms with E-state index in [1.54, 1.807) is 16.2 Å². The molecular weight excluding hydrogens is 422 g/mol. The third kappa shape index (κ3) is 4.03. The second-order valence-electron chi connectivity index (χ2n) is 10.2. The van der Waals surface area contributed by atoms with Crippen LogP contribution >= 0.6 is 11.3 Å². The highest BCUT2D eigenvalue weighted by Gasteiger charge is 2.50. The van der Waals surface area contributed by atoms with Crippen molar-refractivity contribution in [2.45, 2.75) is 83.3 Å². The minimum atomic E-state index is -0.558. The minimum Gasteiger partial charge on any atom is -0.444 e. The van der Waals surface area contributed by atoms with E-state index in [-0.39, 0.29) is 23.6 Å². The van der Waals surface area contributed by atoms with Crippen molar-refractivity contribution in [3.05, 3.63) is 55.4 Å². The zero-order valence-electron chi connectivity index (χ0n) is 19.1. The lowest BCUT2D eigenvalue weighted by Gasteiger charge is -2.30. The van der Waals surface area contributed by atoms with Gasteiger partial charge in [0.1, 0.15) is 11.4 Å². The quantitative estimate of drug-likeness (QED) is 0.696. The van der Waals surface area contributed by atoms with Crippen LogP contribution in [0.15, 0.2) is 22.3 Å². The fraction of sp³-hybridized carbons (Fsp3) is 0.560. The normalized spacial score (nSPS) is 19.8. The summed E-state index contributed by atoms with van der Waals surface area (Å²) < 4.78 is 5.48. The van der Waals surface area contributed by atoms with Crippen molar-refractivity contribution < 1.29 is 9.53 Å². The van der Waals surface area contributed by atoms with Gasteiger partial charge < -0.3 is 14.6 Å². The fourth-order valence-electron chi connectivity index (χ4n) is 4.71. The van der Waals surface area contributed by atoms with Gasteiger partial charge in [-0.05, 0) is 81.9 Å². The van der Waals surface area contributed by atoms with Crippen LogP contribution in [-0.4, -0.2) is 33.1 Å². The maximum atomic E-state index is 13.0. The lowest BCUT2D eigenvalue weighted by molar-refractivity contribution is 0.0221. The van der Waals surface area contributed by atoms with Gasteiger partial charge in [-0.15, -0.1) is 11.3 Å². The molecule has 3 aliphatic rings. The third-order valence-corrected chi connectivity index (χ3v) is 7.79. The average Bonchev–Trinajstić information content (AvgIpc) is 3.42. The van der Waals surface area contributed by atoms with Crippen molar-refractivity contribution in [3.8, 4) is 0 Å². The summed E-state index contributed by atoms with van der Waals surface area (Å²) in [6, 6.07) is 2.32. The number of fused-ring (bicyclic) bond motifs is 1. The molecule has 5 rings (SSSR count). The van der Waals surface area contributed by atoms with Crippen molar-refractivity contribution >= 4 is 23.0 Å². The first kappa shape index (κ1) is 21.4. The third-order valence-electron chi connectivity index (χ3n) is 6.66. The highest BCUT2D eigenvalue weighted by atomic mass is 32.1. The number of ether oxygens (including phenoxy) is 1. The number of amides is 1. The van der Waals surface area contributed by atoms with E-state index in [1.807, 2.05) is 20.8 Å². The van der Waals surface area contributed by atoms with Crippen LogP contribution in [0.3, 0.4) is 0 Å². The van der Waals surface area contributed by atoms with E-state index in [1.165, 1.54) is 35.3 Å². The molecule has 0 atom stereocenters. The number of carbonyl (C=O) groups excluding carboxylic acids is 1. The van der Waals surface area contributed by atoms with E-state index in [0.29, 0.717) is 18.5 Å². The Morgan fingerprint density at radius 2 is 2.06 bits per heavy atom. The summed E-state index contributed by atoms with van der Waals surface area (Å²) >= 11 is 1.79. The summed E-state index contributed by atoms with van der Waals surface area (Å²) in [7, 11) is 0. The summed E-state index contributed by atoms with van der Waals surface area (Å²) in [5.74, 6) is 0.790. The van der Waals surface area contributed by atoms with E-state index in [4.69, 9.17) is 9.72 Å². The summed E-state index contributed by atoms with van der Waals surface area (Å²) in [6.07, 6.45) is 9.48. The highest BCUT2D eigenvalue weighted by molar-refractivity contribution is 7.10. The molecule has 2 aliphatic carbocycles. The molecule has 7 heteroatoms. The van der Waals surface area contributed by atoms with E-state index in [9.17, 15) is 9.59 Å². The Hall–Kier alpha value is -2.41. The largest absolute Gasteiger partial charge is 0.444 e. The molecule has 1 fully saturated rings. The van der Waals surface area contributed by atoms with Gasteiger partial charge in [-0.3, -0.25) is 4.79 Å². The predicted octanol–water partition coefficient (Wildman–Crippen LogP) is 5.16. The molecule has 0 bridgehead atoms. The molecule has 6 nitrogen and oxygen atoms in total. The van der Waals surface area contributed by atoms with Crippen molar-refractivity contribution in [1.82, 2.24) is 14.9 Å². The van der Waals surface area contributed by atoms with E-state index in [2.05, 4.69) is 22.5 Å². The first-order valence-electron chi connectivity index (χ1n) is 11.6. The van der Waals surface area contributed by atoms with Crippen LogP contribution in [0.4, 0.5) is 4.79 Å². The zero-order chi connectivity index (χ0) is 22.5. The summed E-state index contributed by atoms with van der Waals surface area (Å²) in [5.41, 5.74) is 3.36. The van der Waals surface area contributed by atoms with Gasteiger partial charge in [-0.2, -0.15) is 0 Å². The fourth-order valence-corrected chi connectivity index (χ4v) is 5.91. The molecule has 170 valence electrons. The number of thiophene rings is 1. The summed E-state index contributed by atoms with van der Waals surface area (Å²) in [4.78, 5) is 36.4. The Morgan fingerprint density at radius 3 is 2.75 bits per heavy atom. The molecule has 0 spiro atoms. The molecule has 1 saturated carbocycles. The van der Waals surface area contributed by atoms with Crippen LogP contribution in [0, 0.1) is 0 Å². The van der Waals surface area contributed by atoms with Crippen molar-refractivity contribution in [2.24, 2.45) is 0 Å².